The number of hydrogen-bond acceptors (Lipinski definition) is 6. The Bertz CT molecular complexity index is 840. The SMILES string of the molecule is Cc1noc(C)c1CN1CCc2nc(-c3ccncc3)ncc2C1. The van der Waals surface area contributed by atoms with Crippen molar-refractivity contribution >= 4 is 0 Å². The molecule has 122 valence electrons. The van der Waals surface area contributed by atoms with Crippen LogP contribution in [-0.2, 0) is 19.5 Å². The molecule has 24 heavy (non-hydrogen) atoms. The van der Waals surface area contributed by atoms with Gasteiger partial charge in [0, 0.05) is 61.3 Å². The van der Waals surface area contributed by atoms with Crippen LogP contribution in [0.1, 0.15) is 28.3 Å². The summed E-state index contributed by atoms with van der Waals surface area (Å²) in [6.45, 7) is 6.65. The summed E-state index contributed by atoms with van der Waals surface area (Å²) >= 11 is 0. The fourth-order valence-corrected chi connectivity index (χ4v) is 3.10. The highest BCUT2D eigenvalue weighted by atomic mass is 16.5. The molecule has 0 aliphatic carbocycles. The molecule has 1 aliphatic rings. The Hall–Kier alpha value is -2.60. The molecule has 4 rings (SSSR count). The molecule has 3 aromatic rings. The van der Waals surface area contributed by atoms with Crippen molar-refractivity contribution in [1.29, 1.82) is 0 Å². The second-order valence-corrected chi connectivity index (χ2v) is 6.16. The average Bonchev–Trinajstić information content (AvgIpc) is 2.94. The lowest BCUT2D eigenvalue weighted by Crippen LogP contribution is -2.31. The minimum atomic E-state index is 0.773. The van der Waals surface area contributed by atoms with E-state index in [0.29, 0.717) is 0 Å². The predicted molar refractivity (Wildman–Crippen MR) is 89.1 cm³/mol. The van der Waals surface area contributed by atoms with Crippen molar-refractivity contribution in [2.24, 2.45) is 0 Å². The maximum Gasteiger partial charge on any atom is 0.159 e. The first kappa shape index (κ1) is 15.0. The van der Waals surface area contributed by atoms with Crippen LogP contribution < -0.4 is 0 Å². The Morgan fingerprint density at radius 1 is 1.21 bits per heavy atom. The molecule has 0 saturated heterocycles. The summed E-state index contributed by atoms with van der Waals surface area (Å²) in [6.07, 6.45) is 6.42. The van der Waals surface area contributed by atoms with Crippen LogP contribution in [0.4, 0.5) is 0 Å². The number of fused-ring (bicyclic) bond motifs is 1. The van der Waals surface area contributed by atoms with Gasteiger partial charge in [-0.05, 0) is 26.0 Å². The van der Waals surface area contributed by atoms with Gasteiger partial charge in [0.1, 0.15) is 5.76 Å². The number of aryl methyl sites for hydroxylation is 2. The molecule has 3 aromatic heterocycles. The van der Waals surface area contributed by atoms with Gasteiger partial charge in [-0.3, -0.25) is 9.88 Å². The maximum absolute atomic E-state index is 5.26. The van der Waals surface area contributed by atoms with Gasteiger partial charge in [-0.2, -0.15) is 0 Å². The number of nitrogens with zero attached hydrogens (tertiary/aromatic N) is 5. The topological polar surface area (TPSA) is 67.9 Å². The van der Waals surface area contributed by atoms with Crippen LogP contribution in [0.5, 0.6) is 0 Å². The molecule has 6 nitrogen and oxygen atoms in total. The van der Waals surface area contributed by atoms with E-state index in [1.807, 2.05) is 32.2 Å². The smallest absolute Gasteiger partial charge is 0.159 e. The molecule has 0 N–H and O–H groups in total. The Morgan fingerprint density at radius 2 is 2.04 bits per heavy atom. The Labute approximate surface area is 140 Å². The van der Waals surface area contributed by atoms with E-state index in [-0.39, 0.29) is 0 Å². The van der Waals surface area contributed by atoms with E-state index in [9.17, 15) is 0 Å². The number of aromatic nitrogens is 4. The quantitative estimate of drug-likeness (QED) is 0.739. The molecule has 0 aromatic carbocycles. The molecule has 0 fully saturated rings. The second kappa shape index (κ2) is 6.13. The number of rotatable bonds is 3. The Morgan fingerprint density at radius 3 is 2.79 bits per heavy atom. The van der Waals surface area contributed by atoms with Gasteiger partial charge in [0.2, 0.25) is 0 Å². The van der Waals surface area contributed by atoms with Crippen molar-refractivity contribution < 1.29 is 4.52 Å². The van der Waals surface area contributed by atoms with Crippen LogP contribution in [-0.4, -0.2) is 31.6 Å². The van der Waals surface area contributed by atoms with Crippen LogP contribution >= 0.6 is 0 Å². The third-order valence-electron chi connectivity index (χ3n) is 4.51. The van der Waals surface area contributed by atoms with Crippen LogP contribution in [0.2, 0.25) is 0 Å². The van der Waals surface area contributed by atoms with Crippen LogP contribution in [0.3, 0.4) is 0 Å². The average molecular weight is 321 g/mol. The summed E-state index contributed by atoms with van der Waals surface area (Å²) < 4.78 is 5.26. The molecular weight excluding hydrogens is 302 g/mol. The monoisotopic (exact) mass is 321 g/mol. The third-order valence-corrected chi connectivity index (χ3v) is 4.51. The minimum absolute atomic E-state index is 0.773. The largest absolute Gasteiger partial charge is 0.361 e. The van der Waals surface area contributed by atoms with Crippen LogP contribution in [0, 0.1) is 13.8 Å². The van der Waals surface area contributed by atoms with Gasteiger partial charge in [0.15, 0.2) is 5.82 Å². The van der Waals surface area contributed by atoms with Crippen molar-refractivity contribution in [3.05, 3.63) is 59.0 Å². The maximum atomic E-state index is 5.26. The first-order valence-corrected chi connectivity index (χ1v) is 8.10. The van der Waals surface area contributed by atoms with Gasteiger partial charge in [-0.25, -0.2) is 9.97 Å². The van der Waals surface area contributed by atoms with Gasteiger partial charge in [0.05, 0.1) is 11.4 Å². The summed E-state index contributed by atoms with van der Waals surface area (Å²) in [5, 5.41) is 4.04. The molecular formula is C18H19N5O. The summed E-state index contributed by atoms with van der Waals surface area (Å²) in [4.78, 5) is 15.7. The highest BCUT2D eigenvalue weighted by Crippen LogP contribution is 2.23. The fourth-order valence-electron chi connectivity index (χ4n) is 3.10. The fraction of sp³-hybridized carbons (Fsp3) is 0.333. The number of pyridine rings is 1. The van der Waals surface area contributed by atoms with Crippen molar-refractivity contribution in [2.75, 3.05) is 6.54 Å². The molecule has 0 radical (unpaired) electrons. The Kier molecular flexibility index (Phi) is 3.82. The lowest BCUT2D eigenvalue weighted by atomic mass is 10.1. The van der Waals surface area contributed by atoms with E-state index in [1.165, 1.54) is 11.1 Å². The molecule has 0 amide bonds. The first-order valence-electron chi connectivity index (χ1n) is 8.10. The van der Waals surface area contributed by atoms with Gasteiger partial charge < -0.3 is 4.52 Å². The van der Waals surface area contributed by atoms with E-state index in [2.05, 4.69) is 20.0 Å². The molecule has 0 unspecified atom stereocenters. The minimum Gasteiger partial charge on any atom is -0.361 e. The van der Waals surface area contributed by atoms with Crippen molar-refractivity contribution in [3.63, 3.8) is 0 Å². The van der Waals surface area contributed by atoms with Crippen LogP contribution in [0.15, 0.2) is 35.2 Å². The zero-order chi connectivity index (χ0) is 16.5. The van der Waals surface area contributed by atoms with Gasteiger partial charge in [-0.15, -0.1) is 0 Å². The standard InChI is InChI=1S/C18H19N5O/c1-12-16(13(2)24-22-12)11-23-8-5-17-15(10-23)9-20-18(21-17)14-3-6-19-7-4-14/h3-4,6-7,9H,5,8,10-11H2,1-2H3. The summed E-state index contributed by atoms with van der Waals surface area (Å²) in [7, 11) is 0. The van der Waals surface area contributed by atoms with Crippen molar-refractivity contribution in [3.8, 4) is 11.4 Å². The van der Waals surface area contributed by atoms with Gasteiger partial charge in [0.25, 0.3) is 0 Å². The zero-order valence-electron chi connectivity index (χ0n) is 13.9. The van der Waals surface area contributed by atoms with Gasteiger partial charge in [-0.1, -0.05) is 5.16 Å². The van der Waals surface area contributed by atoms with E-state index < -0.39 is 0 Å². The molecule has 0 saturated carbocycles. The normalized spacial score (nSPS) is 14.6. The number of hydrogen-bond donors (Lipinski definition) is 0. The van der Waals surface area contributed by atoms with Crippen molar-refractivity contribution in [1.82, 2.24) is 25.0 Å². The Balaban J connectivity index is 1.54. The summed E-state index contributed by atoms with van der Waals surface area (Å²) in [5.41, 5.74) is 5.51. The van der Waals surface area contributed by atoms with Crippen molar-refractivity contribution in [2.45, 2.75) is 33.4 Å². The summed E-state index contributed by atoms with van der Waals surface area (Å²) in [5.74, 6) is 1.68. The zero-order valence-corrected chi connectivity index (χ0v) is 13.9. The summed E-state index contributed by atoms with van der Waals surface area (Å²) in [6, 6.07) is 3.88. The highest BCUT2D eigenvalue weighted by Gasteiger charge is 2.21. The predicted octanol–water partition coefficient (Wildman–Crippen LogP) is 2.70. The van der Waals surface area contributed by atoms with E-state index in [1.54, 1.807) is 12.4 Å². The van der Waals surface area contributed by atoms with E-state index >= 15 is 0 Å². The lowest BCUT2D eigenvalue weighted by Gasteiger charge is -2.27. The molecule has 0 atom stereocenters. The van der Waals surface area contributed by atoms with Crippen LogP contribution in [0.25, 0.3) is 11.4 Å². The van der Waals surface area contributed by atoms with E-state index in [4.69, 9.17) is 9.51 Å². The molecule has 0 bridgehead atoms. The molecule has 4 heterocycles. The first-order chi connectivity index (χ1) is 11.7. The lowest BCUT2D eigenvalue weighted by molar-refractivity contribution is 0.241. The molecule has 0 spiro atoms. The van der Waals surface area contributed by atoms with Gasteiger partial charge >= 0.3 is 0 Å². The second-order valence-electron chi connectivity index (χ2n) is 6.16. The molecule has 1 aliphatic heterocycles. The van der Waals surface area contributed by atoms with E-state index in [0.717, 1.165) is 54.6 Å². The third kappa shape index (κ3) is 2.80. The molecule has 6 heteroatoms. The highest BCUT2D eigenvalue weighted by molar-refractivity contribution is 5.54.